The molecule has 160 valence electrons. The first-order valence-corrected chi connectivity index (χ1v) is 11.0. The molecule has 0 unspecified atom stereocenters. The van der Waals surface area contributed by atoms with E-state index in [4.69, 9.17) is 10.1 Å². The van der Waals surface area contributed by atoms with Crippen LogP contribution in [0.5, 0.6) is 0 Å². The largest absolute Gasteiger partial charge is 0.351 e. The summed E-state index contributed by atoms with van der Waals surface area (Å²) >= 11 is 1.62. The molecular weight excluding hydrogens is 403 g/mol. The highest BCUT2D eigenvalue weighted by molar-refractivity contribution is 7.20. The summed E-state index contributed by atoms with van der Waals surface area (Å²) in [6.45, 7) is 11.2. The van der Waals surface area contributed by atoms with Crippen molar-refractivity contribution < 1.29 is 9.18 Å². The molecule has 0 atom stereocenters. The fraction of sp³-hybridized carbons (Fsp3) is 0.476. The predicted molar refractivity (Wildman–Crippen MR) is 117 cm³/mol. The number of nitrogens with one attached hydrogen (secondary N) is 1. The maximum absolute atomic E-state index is 13.7. The minimum Gasteiger partial charge on any atom is -0.351 e. The average Bonchev–Trinajstić information content (AvgIpc) is 3.28. The summed E-state index contributed by atoms with van der Waals surface area (Å²) in [5.74, 6) is -0.861. The molecular formula is C21H27FN6OS. The molecule has 1 aliphatic heterocycles. The molecule has 0 radical (unpaired) electrons. The molecule has 0 spiro atoms. The van der Waals surface area contributed by atoms with E-state index >= 15 is 0 Å². The maximum Gasteiger partial charge on any atom is 0.254 e. The van der Waals surface area contributed by atoms with Crippen LogP contribution in [-0.4, -0.2) is 64.7 Å². The van der Waals surface area contributed by atoms with Gasteiger partial charge in [-0.05, 0) is 12.1 Å². The number of halogens is 1. The number of nitrogens with zero attached hydrogens (tertiary/aromatic N) is 5. The first kappa shape index (κ1) is 20.7. The standard InChI is InChI=1S/C21H27FN6OS/c1-21(2,3)17-14-28-19(24-17)30-20(25-28)27-12-10-26(11-13-27)9-8-23-18(29)15-6-4-5-7-16(15)22/h4-7,14H,8-13H2,1-3H3,(H,23,29). The van der Waals surface area contributed by atoms with Crippen molar-refractivity contribution in [3.63, 3.8) is 0 Å². The molecule has 1 saturated heterocycles. The van der Waals surface area contributed by atoms with Gasteiger partial charge in [-0.15, -0.1) is 5.10 Å². The van der Waals surface area contributed by atoms with Crippen LogP contribution in [0.2, 0.25) is 0 Å². The molecule has 0 saturated carbocycles. The van der Waals surface area contributed by atoms with Gasteiger partial charge in [-0.25, -0.2) is 13.9 Å². The van der Waals surface area contributed by atoms with Gasteiger partial charge >= 0.3 is 0 Å². The van der Waals surface area contributed by atoms with Gasteiger partial charge in [-0.1, -0.05) is 44.2 Å². The van der Waals surface area contributed by atoms with Crippen LogP contribution < -0.4 is 10.2 Å². The van der Waals surface area contributed by atoms with E-state index in [1.54, 1.807) is 23.5 Å². The number of piperazine rings is 1. The van der Waals surface area contributed by atoms with Crippen LogP contribution in [0.25, 0.3) is 4.96 Å². The molecule has 1 fully saturated rings. The van der Waals surface area contributed by atoms with Crippen molar-refractivity contribution in [2.24, 2.45) is 0 Å². The summed E-state index contributed by atoms with van der Waals surface area (Å²) < 4.78 is 15.6. The lowest BCUT2D eigenvalue weighted by molar-refractivity contribution is 0.0943. The molecule has 3 aromatic rings. The van der Waals surface area contributed by atoms with Gasteiger partial charge in [0.15, 0.2) is 0 Å². The zero-order valence-corrected chi connectivity index (χ0v) is 18.4. The van der Waals surface area contributed by atoms with Crippen molar-refractivity contribution in [2.45, 2.75) is 26.2 Å². The molecule has 1 N–H and O–H groups in total. The van der Waals surface area contributed by atoms with Crippen molar-refractivity contribution >= 4 is 27.3 Å². The summed E-state index contributed by atoms with van der Waals surface area (Å²) in [5, 5.41) is 8.51. The second-order valence-electron chi connectivity index (χ2n) is 8.55. The number of hydrogen-bond donors (Lipinski definition) is 1. The number of aromatic nitrogens is 3. The van der Waals surface area contributed by atoms with Gasteiger partial charge in [0.05, 0.1) is 17.5 Å². The molecule has 4 rings (SSSR count). The maximum atomic E-state index is 13.7. The quantitative estimate of drug-likeness (QED) is 0.674. The number of fused-ring (bicyclic) bond motifs is 1. The van der Waals surface area contributed by atoms with Crippen molar-refractivity contribution in [3.05, 3.63) is 47.5 Å². The Kier molecular flexibility index (Phi) is 5.75. The first-order valence-electron chi connectivity index (χ1n) is 10.2. The van der Waals surface area contributed by atoms with Gasteiger partial charge in [-0.3, -0.25) is 9.69 Å². The van der Waals surface area contributed by atoms with Crippen molar-refractivity contribution in [3.8, 4) is 0 Å². The van der Waals surface area contributed by atoms with E-state index in [1.165, 1.54) is 12.1 Å². The summed E-state index contributed by atoms with van der Waals surface area (Å²) in [7, 11) is 0. The number of rotatable bonds is 5. The molecule has 0 aliphatic carbocycles. The minimum absolute atomic E-state index is 0.0148. The number of carbonyl (C=O) groups is 1. The zero-order valence-electron chi connectivity index (χ0n) is 17.6. The van der Waals surface area contributed by atoms with E-state index in [1.807, 2.05) is 10.7 Å². The lowest BCUT2D eigenvalue weighted by Gasteiger charge is -2.34. The summed E-state index contributed by atoms with van der Waals surface area (Å²) in [4.78, 5) is 22.3. The minimum atomic E-state index is -0.493. The van der Waals surface area contributed by atoms with Gasteiger partial charge in [0.25, 0.3) is 5.91 Å². The Morgan fingerprint density at radius 2 is 1.93 bits per heavy atom. The van der Waals surface area contributed by atoms with Gasteiger partial charge in [0.1, 0.15) is 5.82 Å². The second-order valence-corrected chi connectivity index (χ2v) is 9.49. The summed E-state index contributed by atoms with van der Waals surface area (Å²) in [6, 6.07) is 6.04. The second kappa shape index (κ2) is 8.31. The Balaban J connectivity index is 1.26. The molecule has 1 aromatic carbocycles. The third-order valence-corrected chi connectivity index (χ3v) is 6.26. The number of hydrogen-bond acceptors (Lipinski definition) is 6. The third kappa shape index (κ3) is 4.46. The van der Waals surface area contributed by atoms with Gasteiger partial charge in [0.2, 0.25) is 10.1 Å². The van der Waals surface area contributed by atoms with Crippen LogP contribution >= 0.6 is 11.3 Å². The molecule has 9 heteroatoms. The number of imidazole rings is 1. The zero-order chi connectivity index (χ0) is 21.3. The molecule has 30 heavy (non-hydrogen) atoms. The lowest BCUT2D eigenvalue weighted by Crippen LogP contribution is -2.48. The van der Waals surface area contributed by atoms with Crippen LogP contribution in [-0.2, 0) is 5.41 Å². The molecule has 7 nitrogen and oxygen atoms in total. The molecule has 1 aliphatic rings. The number of benzene rings is 1. The first-order chi connectivity index (χ1) is 14.3. The van der Waals surface area contributed by atoms with Crippen LogP contribution in [0.3, 0.4) is 0 Å². The monoisotopic (exact) mass is 430 g/mol. The Morgan fingerprint density at radius 1 is 1.20 bits per heavy atom. The molecule has 3 heterocycles. The highest BCUT2D eigenvalue weighted by atomic mass is 32.1. The average molecular weight is 431 g/mol. The van der Waals surface area contributed by atoms with Crippen molar-refractivity contribution in [1.82, 2.24) is 24.8 Å². The van der Waals surface area contributed by atoms with Gasteiger partial charge in [0, 0.05) is 44.7 Å². The Hall–Kier alpha value is -2.52. The molecule has 1 amide bonds. The SMILES string of the molecule is CC(C)(C)c1cn2nc(N3CCN(CCNC(=O)c4ccccc4F)CC3)sc2n1. The van der Waals surface area contributed by atoms with Crippen molar-refractivity contribution in [2.75, 3.05) is 44.2 Å². The Labute approximate surface area is 179 Å². The molecule has 2 aromatic heterocycles. The number of amides is 1. The van der Waals surface area contributed by atoms with E-state index in [9.17, 15) is 9.18 Å². The smallest absolute Gasteiger partial charge is 0.254 e. The van der Waals surface area contributed by atoms with E-state index in [0.717, 1.165) is 48.5 Å². The normalized spacial score (nSPS) is 15.7. The number of anilines is 1. The van der Waals surface area contributed by atoms with E-state index in [0.29, 0.717) is 6.54 Å². The predicted octanol–water partition coefficient (Wildman–Crippen LogP) is 2.78. The van der Waals surface area contributed by atoms with Crippen LogP contribution in [0.1, 0.15) is 36.8 Å². The van der Waals surface area contributed by atoms with E-state index < -0.39 is 5.82 Å². The highest BCUT2D eigenvalue weighted by Gasteiger charge is 2.23. The van der Waals surface area contributed by atoms with E-state index in [-0.39, 0.29) is 16.9 Å². The molecule has 0 bridgehead atoms. The van der Waals surface area contributed by atoms with E-state index in [2.05, 4.69) is 35.9 Å². The third-order valence-electron chi connectivity index (χ3n) is 5.28. The van der Waals surface area contributed by atoms with Crippen LogP contribution in [0.4, 0.5) is 9.52 Å². The Morgan fingerprint density at radius 3 is 2.60 bits per heavy atom. The number of carbonyl (C=O) groups excluding carboxylic acids is 1. The van der Waals surface area contributed by atoms with Gasteiger partial charge < -0.3 is 10.2 Å². The van der Waals surface area contributed by atoms with Crippen LogP contribution in [0, 0.1) is 5.82 Å². The summed E-state index contributed by atoms with van der Waals surface area (Å²) in [5.41, 5.74) is 1.15. The van der Waals surface area contributed by atoms with Crippen molar-refractivity contribution in [1.29, 1.82) is 0 Å². The topological polar surface area (TPSA) is 65.8 Å². The van der Waals surface area contributed by atoms with Gasteiger partial charge in [-0.2, -0.15) is 0 Å². The lowest BCUT2D eigenvalue weighted by atomic mass is 9.93. The highest BCUT2D eigenvalue weighted by Crippen LogP contribution is 2.28. The summed E-state index contributed by atoms with van der Waals surface area (Å²) in [6.07, 6.45) is 2.02. The van der Waals surface area contributed by atoms with Crippen LogP contribution in [0.15, 0.2) is 30.5 Å². The Bertz CT molecular complexity index is 1000. The fourth-order valence-corrected chi connectivity index (χ4v) is 4.34. The fourth-order valence-electron chi connectivity index (χ4n) is 3.41.